The molecular formula is C7H6Cl2N2O3. The molecule has 0 saturated heterocycles. The molecule has 0 aliphatic heterocycles. The van der Waals surface area contributed by atoms with Gasteiger partial charge in [0.05, 0.1) is 16.9 Å². The maximum atomic E-state index is 10.2. The van der Waals surface area contributed by atoms with Gasteiger partial charge in [-0.2, -0.15) is 0 Å². The van der Waals surface area contributed by atoms with Crippen LogP contribution in [-0.4, -0.2) is 22.7 Å². The lowest BCUT2D eigenvalue weighted by atomic mass is 10.4. The molecule has 0 bridgehead atoms. The number of ether oxygens (including phenoxy) is 1. The average Bonchev–Trinajstić information content (AvgIpc) is 2.13. The lowest BCUT2D eigenvalue weighted by Crippen LogP contribution is -2.10. The summed E-state index contributed by atoms with van der Waals surface area (Å²) in [6, 6.07) is 0. The zero-order valence-electron chi connectivity index (χ0n) is 6.83. The molecule has 0 aromatic carbocycles. The van der Waals surface area contributed by atoms with Crippen molar-refractivity contribution in [3.63, 3.8) is 0 Å². The van der Waals surface area contributed by atoms with Gasteiger partial charge < -0.3 is 15.6 Å². The Labute approximate surface area is 89.4 Å². The van der Waals surface area contributed by atoms with Crippen molar-refractivity contribution in [2.45, 2.75) is 0 Å². The average molecular weight is 237 g/mol. The minimum atomic E-state index is -1.13. The molecule has 0 radical (unpaired) electrons. The van der Waals surface area contributed by atoms with Crippen molar-refractivity contribution < 1.29 is 14.6 Å². The summed E-state index contributed by atoms with van der Waals surface area (Å²) in [6.07, 6.45) is 1.24. The summed E-state index contributed by atoms with van der Waals surface area (Å²) in [5.74, 6) is -1.17. The Bertz CT molecular complexity index is 370. The molecule has 0 atom stereocenters. The van der Waals surface area contributed by atoms with Gasteiger partial charge in [-0.25, -0.2) is 9.78 Å². The van der Waals surface area contributed by atoms with E-state index in [2.05, 4.69) is 4.98 Å². The summed E-state index contributed by atoms with van der Waals surface area (Å²) < 4.78 is 4.75. The molecule has 0 spiro atoms. The van der Waals surface area contributed by atoms with E-state index in [1.807, 2.05) is 0 Å². The number of nitrogens with zero attached hydrogens (tertiary/aromatic N) is 1. The molecule has 1 heterocycles. The lowest BCUT2D eigenvalue weighted by molar-refractivity contribution is -0.139. The molecule has 5 nitrogen and oxygen atoms in total. The molecule has 1 aromatic rings. The first-order valence-corrected chi connectivity index (χ1v) is 4.22. The van der Waals surface area contributed by atoms with Gasteiger partial charge in [0.2, 0.25) is 5.88 Å². The molecular weight excluding hydrogens is 231 g/mol. The molecule has 0 aliphatic carbocycles. The molecule has 76 valence electrons. The predicted octanol–water partition coefficient (Wildman–Crippen LogP) is 1.43. The number of halogens is 2. The number of hydrogen-bond donors (Lipinski definition) is 2. The number of nitrogens with two attached hydrogens (primary N) is 1. The highest BCUT2D eigenvalue weighted by atomic mass is 35.5. The van der Waals surface area contributed by atoms with Gasteiger partial charge in [-0.05, 0) is 0 Å². The van der Waals surface area contributed by atoms with Gasteiger partial charge in [0.25, 0.3) is 0 Å². The van der Waals surface area contributed by atoms with Crippen LogP contribution in [0, 0.1) is 0 Å². The highest BCUT2D eigenvalue weighted by Gasteiger charge is 2.11. The Morgan fingerprint density at radius 3 is 2.86 bits per heavy atom. The second-order valence-corrected chi connectivity index (χ2v) is 3.11. The maximum absolute atomic E-state index is 10.2. The molecule has 0 saturated carbocycles. The van der Waals surface area contributed by atoms with Crippen LogP contribution in [0.15, 0.2) is 6.20 Å². The van der Waals surface area contributed by atoms with Crippen LogP contribution in [0.1, 0.15) is 0 Å². The summed E-state index contributed by atoms with van der Waals surface area (Å²) in [6.45, 7) is -0.534. The van der Waals surface area contributed by atoms with Crippen LogP contribution in [0.4, 0.5) is 5.69 Å². The van der Waals surface area contributed by atoms with Crippen molar-refractivity contribution >= 4 is 34.9 Å². The number of anilines is 1. The standard InChI is InChI=1S/C7H6Cl2N2O3/c8-3-1-11-7(5(9)6(3)10)14-2-4(12)13/h1H,2H2,(H2,10,11)(H,12,13). The molecule has 0 unspecified atom stereocenters. The number of nitrogen functional groups attached to an aromatic ring is 1. The number of aliphatic carboxylic acids is 1. The highest BCUT2D eigenvalue weighted by molar-refractivity contribution is 6.39. The quantitative estimate of drug-likeness (QED) is 0.830. The minimum absolute atomic E-state index is 0.0127. The lowest BCUT2D eigenvalue weighted by Gasteiger charge is -2.06. The van der Waals surface area contributed by atoms with Crippen molar-refractivity contribution in [2.75, 3.05) is 12.3 Å². The third-order valence-electron chi connectivity index (χ3n) is 1.31. The topological polar surface area (TPSA) is 85.4 Å². The molecule has 0 aliphatic rings. The largest absolute Gasteiger partial charge is 0.479 e. The van der Waals surface area contributed by atoms with Crippen molar-refractivity contribution in [3.8, 4) is 5.88 Å². The maximum Gasteiger partial charge on any atom is 0.341 e. The Kier molecular flexibility index (Phi) is 3.38. The second kappa shape index (κ2) is 4.34. The number of carboxylic acids is 1. The van der Waals surface area contributed by atoms with Crippen LogP contribution in [-0.2, 0) is 4.79 Å². The number of rotatable bonds is 3. The van der Waals surface area contributed by atoms with Gasteiger partial charge in [-0.3, -0.25) is 0 Å². The molecule has 0 fully saturated rings. The third-order valence-corrected chi connectivity index (χ3v) is 1.98. The van der Waals surface area contributed by atoms with E-state index in [0.717, 1.165) is 0 Å². The molecule has 0 amide bonds. The van der Waals surface area contributed by atoms with E-state index in [0.29, 0.717) is 0 Å². The van der Waals surface area contributed by atoms with Crippen molar-refractivity contribution in [2.24, 2.45) is 0 Å². The van der Waals surface area contributed by atoms with E-state index in [1.165, 1.54) is 6.20 Å². The molecule has 14 heavy (non-hydrogen) atoms. The Hall–Kier alpha value is -1.20. The van der Waals surface area contributed by atoms with Gasteiger partial charge in [-0.15, -0.1) is 0 Å². The summed E-state index contributed by atoms with van der Waals surface area (Å²) >= 11 is 11.3. The fourth-order valence-corrected chi connectivity index (χ4v) is 1.09. The van der Waals surface area contributed by atoms with E-state index in [9.17, 15) is 4.79 Å². The Morgan fingerprint density at radius 1 is 1.64 bits per heavy atom. The first-order valence-electron chi connectivity index (χ1n) is 3.46. The highest BCUT2D eigenvalue weighted by Crippen LogP contribution is 2.32. The molecule has 7 heteroatoms. The van der Waals surface area contributed by atoms with Crippen molar-refractivity contribution in [3.05, 3.63) is 16.2 Å². The fraction of sp³-hybridized carbons (Fsp3) is 0.143. The van der Waals surface area contributed by atoms with Crippen LogP contribution in [0.5, 0.6) is 5.88 Å². The van der Waals surface area contributed by atoms with Crippen molar-refractivity contribution in [1.82, 2.24) is 4.98 Å². The number of carboxylic acid groups (broad SMARTS) is 1. The predicted molar refractivity (Wildman–Crippen MR) is 51.8 cm³/mol. The number of hydrogen-bond acceptors (Lipinski definition) is 4. The van der Waals surface area contributed by atoms with Crippen LogP contribution >= 0.6 is 23.2 Å². The zero-order chi connectivity index (χ0) is 10.7. The monoisotopic (exact) mass is 236 g/mol. The van der Waals surface area contributed by atoms with Gasteiger partial charge in [0.15, 0.2) is 6.61 Å². The van der Waals surface area contributed by atoms with E-state index < -0.39 is 12.6 Å². The smallest absolute Gasteiger partial charge is 0.341 e. The van der Waals surface area contributed by atoms with Crippen LogP contribution in [0.25, 0.3) is 0 Å². The Morgan fingerprint density at radius 2 is 2.29 bits per heavy atom. The van der Waals surface area contributed by atoms with E-state index in [1.54, 1.807) is 0 Å². The molecule has 1 rings (SSSR count). The van der Waals surface area contributed by atoms with E-state index in [-0.39, 0.29) is 21.6 Å². The van der Waals surface area contributed by atoms with Gasteiger partial charge >= 0.3 is 5.97 Å². The first-order chi connectivity index (χ1) is 6.52. The summed E-state index contributed by atoms with van der Waals surface area (Å²) in [5.41, 5.74) is 5.57. The summed E-state index contributed by atoms with van der Waals surface area (Å²) in [7, 11) is 0. The minimum Gasteiger partial charge on any atom is -0.479 e. The van der Waals surface area contributed by atoms with Gasteiger partial charge in [0.1, 0.15) is 5.02 Å². The van der Waals surface area contributed by atoms with Crippen LogP contribution in [0.3, 0.4) is 0 Å². The summed E-state index contributed by atoms with van der Waals surface area (Å²) in [5, 5.41) is 8.54. The second-order valence-electron chi connectivity index (χ2n) is 2.32. The summed E-state index contributed by atoms with van der Waals surface area (Å²) in [4.78, 5) is 13.9. The normalized spacial score (nSPS) is 9.86. The number of aromatic nitrogens is 1. The van der Waals surface area contributed by atoms with Crippen LogP contribution in [0.2, 0.25) is 10.0 Å². The number of pyridine rings is 1. The first kappa shape index (κ1) is 10.9. The van der Waals surface area contributed by atoms with Crippen molar-refractivity contribution in [1.29, 1.82) is 0 Å². The fourth-order valence-electron chi connectivity index (χ4n) is 0.692. The Balaban J connectivity index is 2.88. The van der Waals surface area contributed by atoms with Gasteiger partial charge in [-0.1, -0.05) is 23.2 Å². The van der Waals surface area contributed by atoms with Crippen LogP contribution < -0.4 is 10.5 Å². The van der Waals surface area contributed by atoms with E-state index in [4.69, 9.17) is 38.8 Å². The van der Waals surface area contributed by atoms with E-state index >= 15 is 0 Å². The third kappa shape index (κ3) is 2.40. The van der Waals surface area contributed by atoms with Gasteiger partial charge in [0, 0.05) is 0 Å². The molecule has 1 aromatic heterocycles. The zero-order valence-corrected chi connectivity index (χ0v) is 8.34. The number of carbonyl (C=O) groups is 1. The SMILES string of the molecule is Nc1c(Cl)cnc(OCC(=O)O)c1Cl. The molecule has 3 N–H and O–H groups in total.